The van der Waals surface area contributed by atoms with Gasteiger partial charge in [0.15, 0.2) is 17.2 Å². The average Bonchev–Trinajstić information content (AvgIpc) is 3.96. The van der Waals surface area contributed by atoms with Crippen molar-refractivity contribution >= 4 is 63.7 Å². The van der Waals surface area contributed by atoms with Crippen molar-refractivity contribution in [2.75, 3.05) is 87.5 Å². The minimum absolute atomic E-state index is 0.128. The van der Waals surface area contributed by atoms with Gasteiger partial charge in [0.2, 0.25) is 5.91 Å². The van der Waals surface area contributed by atoms with E-state index in [1.54, 1.807) is 30.9 Å². The summed E-state index contributed by atoms with van der Waals surface area (Å²) in [5, 5.41) is 13.4. The fraction of sp³-hybridized carbons (Fsp3) is 0.469. The minimum Gasteiger partial charge on any atom is -0.385 e. The quantitative estimate of drug-likeness (QED) is 0.125. The van der Waals surface area contributed by atoms with Gasteiger partial charge in [-0.2, -0.15) is 0 Å². The molecule has 3 saturated heterocycles. The van der Waals surface area contributed by atoms with E-state index in [9.17, 15) is 14.4 Å². The van der Waals surface area contributed by atoms with Gasteiger partial charge in [0.05, 0.1) is 47.0 Å². The van der Waals surface area contributed by atoms with Gasteiger partial charge in [-0.15, -0.1) is 5.10 Å². The van der Waals surface area contributed by atoms with Crippen LogP contribution in [0.2, 0.25) is 5.02 Å². The Morgan fingerprint density at radius 2 is 1.72 bits per heavy atom. The van der Waals surface area contributed by atoms with Gasteiger partial charge in [0, 0.05) is 109 Å². The lowest BCUT2D eigenvalue weighted by atomic mass is 9.94. The number of aromatic nitrogens is 4. The number of hydrogen-bond acceptors (Lipinski definition) is 12. The number of benzene rings is 2. The number of halogens is 3. The summed E-state index contributed by atoms with van der Waals surface area (Å²) in [5.41, 5.74) is 7.88. The number of carbonyl (C=O) groups is 3. The Balaban J connectivity index is 0.000000894. The molecule has 1 unspecified atom stereocenters. The van der Waals surface area contributed by atoms with Crippen LogP contribution in [-0.2, 0) is 22.5 Å². The number of pyridine rings is 1. The van der Waals surface area contributed by atoms with Crippen LogP contribution in [0.25, 0.3) is 16.9 Å². The molecule has 7 heterocycles. The van der Waals surface area contributed by atoms with Crippen LogP contribution >= 0.6 is 11.6 Å². The number of urea groups is 1. The molecule has 16 nitrogen and oxygen atoms in total. The van der Waals surface area contributed by atoms with Crippen molar-refractivity contribution in [2.24, 2.45) is 0 Å². The summed E-state index contributed by atoms with van der Waals surface area (Å²) in [6, 6.07) is 16.3. The van der Waals surface area contributed by atoms with Gasteiger partial charge in [-0.3, -0.25) is 34.6 Å². The van der Waals surface area contributed by atoms with Gasteiger partial charge in [0.25, 0.3) is 11.8 Å². The largest absolute Gasteiger partial charge is 0.385 e. The molecule has 0 radical (unpaired) electrons. The zero-order valence-corrected chi connectivity index (χ0v) is 39.7. The molecule has 68 heavy (non-hydrogen) atoms. The smallest absolute Gasteiger partial charge is 0.328 e. The molecule has 1 aliphatic carbocycles. The highest BCUT2D eigenvalue weighted by Crippen LogP contribution is 2.41. The van der Waals surface area contributed by atoms with Crippen molar-refractivity contribution in [3.8, 4) is 11.3 Å². The number of imidazole rings is 1. The first-order chi connectivity index (χ1) is 32.8. The van der Waals surface area contributed by atoms with Crippen LogP contribution in [0, 0.1) is 0 Å². The van der Waals surface area contributed by atoms with Gasteiger partial charge in [-0.25, -0.2) is 23.1 Å². The van der Waals surface area contributed by atoms with Gasteiger partial charge < -0.3 is 25.2 Å². The fourth-order valence-corrected chi connectivity index (χ4v) is 10.3. The number of ether oxygens (including phenoxy) is 1. The van der Waals surface area contributed by atoms with Gasteiger partial charge in [-0.05, 0) is 86.4 Å². The Morgan fingerprint density at radius 1 is 0.926 bits per heavy atom. The van der Waals surface area contributed by atoms with E-state index in [2.05, 4.69) is 42.9 Å². The molecule has 0 spiro atoms. The third kappa shape index (κ3) is 9.55. The first kappa shape index (κ1) is 47.1. The molecule has 2 aromatic carbocycles. The maximum atomic E-state index is 16.0. The topological polar surface area (TPSA) is 156 Å². The van der Waals surface area contributed by atoms with E-state index in [-0.39, 0.29) is 37.4 Å². The number of alkyl halides is 2. The van der Waals surface area contributed by atoms with Crippen molar-refractivity contribution < 1.29 is 27.9 Å². The summed E-state index contributed by atoms with van der Waals surface area (Å²) in [4.78, 5) is 55.6. The number of hydrogen-bond donors (Lipinski definition) is 3. The summed E-state index contributed by atoms with van der Waals surface area (Å²) in [7, 11) is 7.15. The van der Waals surface area contributed by atoms with E-state index in [0.29, 0.717) is 73.1 Å². The molecule has 4 fully saturated rings. The van der Waals surface area contributed by atoms with Crippen LogP contribution in [0.15, 0.2) is 67.0 Å². The standard InChI is InChI=1S/C44H49ClF2N12O3.C5H10O/c1-48-34-22-39(53-59-37(42(61)49-2)24-51-41(34)59)57-19-13-31-30(5-4-6-35(31)57)33-10-7-27(23-50-33)25-55-16-14-38(44(46,47)26-55)56-17-11-28(12-18-56)54(3)29-8-9-32(45)36(21-29)58-20-15-40(60)52-43(58)62;1-6-5-3-2-4-5/h4-10,21-24,28,38,48H,11-20,25-26H2,1-3H3,(H,49,61)(H,52,60,62);5H,2-4H2,1H3. The second-order valence-electron chi connectivity index (χ2n) is 18.2. The van der Waals surface area contributed by atoms with Crippen molar-refractivity contribution in [2.45, 2.75) is 82.0 Å². The number of likely N-dealkylation sites (tertiary alicyclic amines) is 2. The molecule has 0 bridgehead atoms. The number of piperidine rings is 2. The van der Waals surface area contributed by atoms with Crippen molar-refractivity contribution in [1.82, 2.24) is 40.0 Å². The number of carbonyl (C=O) groups excluding carboxylic acids is 3. The van der Waals surface area contributed by atoms with Crippen LogP contribution in [-0.4, -0.2) is 139 Å². The third-order valence-electron chi connectivity index (χ3n) is 14.2. The van der Waals surface area contributed by atoms with Gasteiger partial charge in [0.1, 0.15) is 0 Å². The van der Waals surface area contributed by atoms with Gasteiger partial charge in [-0.1, -0.05) is 29.8 Å². The molecule has 19 heteroatoms. The summed E-state index contributed by atoms with van der Waals surface area (Å²) in [5.74, 6) is -2.79. The maximum absolute atomic E-state index is 16.0. The predicted octanol–water partition coefficient (Wildman–Crippen LogP) is 6.98. The summed E-state index contributed by atoms with van der Waals surface area (Å²) in [6.07, 6.45) is 10.7. The zero-order valence-electron chi connectivity index (χ0n) is 39.0. The second-order valence-corrected chi connectivity index (χ2v) is 18.6. The van der Waals surface area contributed by atoms with Crippen LogP contribution in [0.4, 0.5) is 42.1 Å². The minimum atomic E-state index is -2.88. The molecule has 4 aliphatic heterocycles. The van der Waals surface area contributed by atoms with Crippen LogP contribution < -0.4 is 30.7 Å². The van der Waals surface area contributed by atoms with Crippen LogP contribution in [0.1, 0.15) is 66.6 Å². The summed E-state index contributed by atoms with van der Waals surface area (Å²) >= 11 is 6.48. The van der Waals surface area contributed by atoms with Crippen molar-refractivity contribution in [3.63, 3.8) is 0 Å². The van der Waals surface area contributed by atoms with E-state index in [1.807, 2.05) is 60.3 Å². The number of fused-ring (bicyclic) bond motifs is 2. The second kappa shape index (κ2) is 19.9. The SMILES string of the molecule is CNC(=O)c1cnc2c(NC)cc(N3CCc4c(-c5ccc(CN6CCC(N7CCC(N(C)c8ccc(Cl)c(N9CCC(=O)NC9=O)c8)CC7)C(F)(F)C6)cn5)cccc43)nn12.COC1CCC1. The normalized spacial score (nSPS) is 20.1. The van der Waals surface area contributed by atoms with Gasteiger partial charge >= 0.3 is 6.03 Å². The number of amides is 4. The lowest BCUT2D eigenvalue weighted by Gasteiger charge is -2.47. The molecular weight excluding hydrogens is 894 g/mol. The first-order valence-corrected chi connectivity index (χ1v) is 23.9. The number of methoxy groups -OCH3 is 1. The summed E-state index contributed by atoms with van der Waals surface area (Å²) in [6.45, 7) is 2.68. The summed E-state index contributed by atoms with van der Waals surface area (Å²) < 4.78 is 38.5. The molecule has 360 valence electrons. The average molecular weight is 954 g/mol. The number of rotatable bonds is 11. The monoisotopic (exact) mass is 952 g/mol. The Hall–Kier alpha value is -5.95. The Morgan fingerprint density at radius 3 is 2.38 bits per heavy atom. The highest BCUT2D eigenvalue weighted by atomic mass is 35.5. The molecule has 4 amide bonds. The van der Waals surface area contributed by atoms with E-state index >= 15 is 8.78 Å². The third-order valence-corrected chi connectivity index (χ3v) is 14.5. The molecule has 3 N–H and O–H groups in total. The molecular formula is C49H59ClF2N12O4. The number of nitrogens with zero attached hydrogens (tertiary/aromatic N) is 9. The molecule has 3 aromatic heterocycles. The van der Waals surface area contributed by atoms with E-state index in [1.165, 1.54) is 30.4 Å². The number of imide groups is 1. The predicted molar refractivity (Wildman–Crippen MR) is 260 cm³/mol. The zero-order chi connectivity index (χ0) is 47.7. The lowest BCUT2D eigenvalue weighted by molar-refractivity contribution is -0.132. The Kier molecular flexibility index (Phi) is 13.8. The van der Waals surface area contributed by atoms with E-state index in [4.69, 9.17) is 26.4 Å². The Labute approximate surface area is 399 Å². The highest BCUT2D eigenvalue weighted by molar-refractivity contribution is 6.34. The van der Waals surface area contributed by atoms with Crippen molar-refractivity contribution in [3.05, 3.63) is 88.8 Å². The maximum Gasteiger partial charge on any atom is 0.328 e. The number of anilines is 5. The molecule has 5 aliphatic rings. The Bertz CT molecular complexity index is 2650. The molecule has 1 saturated carbocycles. The highest BCUT2D eigenvalue weighted by Gasteiger charge is 2.48. The van der Waals surface area contributed by atoms with E-state index in [0.717, 1.165) is 58.7 Å². The molecule has 1 atom stereocenters. The van der Waals surface area contributed by atoms with Crippen molar-refractivity contribution in [1.29, 1.82) is 0 Å². The molecule has 10 rings (SSSR count). The van der Waals surface area contributed by atoms with Crippen LogP contribution in [0.3, 0.4) is 0 Å². The van der Waals surface area contributed by atoms with E-state index < -0.39 is 18.0 Å². The first-order valence-electron chi connectivity index (χ1n) is 23.5. The molecule has 5 aromatic rings. The van der Waals surface area contributed by atoms with Crippen LogP contribution in [0.5, 0.6) is 0 Å². The lowest BCUT2D eigenvalue weighted by Crippen LogP contribution is -2.60. The fourth-order valence-electron chi connectivity index (χ4n) is 10.1. The number of nitrogens with one attached hydrogen (secondary N) is 3.